The fourth-order valence-electron chi connectivity index (χ4n) is 7.31. The summed E-state index contributed by atoms with van der Waals surface area (Å²) in [7, 11) is 0. The first kappa shape index (κ1) is 37.2. The maximum absolute atomic E-state index is 12.0. The average molecular weight is 759 g/mol. The molecule has 0 bridgehead atoms. The predicted molar refractivity (Wildman–Crippen MR) is 221 cm³/mol. The van der Waals surface area contributed by atoms with Crippen LogP contribution in [0.15, 0.2) is 107 Å². The second-order valence-corrected chi connectivity index (χ2v) is 15.6. The van der Waals surface area contributed by atoms with Gasteiger partial charge in [0.1, 0.15) is 0 Å². The fourth-order valence-corrected chi connectivity index (χ4v) is 8.66. The minimum Gasteiger partial charge on any atom is -0.369 e. The monoisotopic (exact) mass is 758 g/mol. The molecule has 2 atom stereocenters. The number of nitrogens with two attached hydrogens (primary N) is 2. The Bertz CT molecular complexity index is 1970. The molecule has 4 aromatic rings. The summed E-state index contributed by atoms with van der Waals surface area (Å²) in [5.41, 5.74) is 20.9. The zero-order valence-corrected chi connectivity index (χ0v) is 31.3. The molecule has 12 heteroatoms. The minimum absolute atomic E-state index is 0.133. The zero-order chi connectivity index (χ0) is 37.6. The van der Waals surface area contributed by atoms with Gasteiger partial charge in [0.05, 0.1) is 21.2 Å². The number of thioether (sulfide) groups is 2. The SMILES string of the molecule is N[C@@H]1CCCN(c2c(/C=C3\SC(=O)NC3=O)cccc2-c2ccccc2)C1.N[C@@H]1CCCN(c2c(/C=C3\SC(=O)NC3=O)cccc2-c2ccccc2)C1. The van der Waals surface area contributed by atoms with E-state index in [4.69, 9.17) is 11.5 Å². The van der Waals surface area contributed by atoms with Crippen LogP contribution < -0.4 is 31.9 Å². The Morgan fingerprint density at radius 1 is 0.556 bits per heavy atom. The standard InChI is InChI=1S/2C21H21N3O2S/c2*22-16-9-5-11-24(13-16)19-15(12-18-20(25)23-21(26)27-18)8-4-10-17(19)14-6-2-1-3-7-14/h2*1-4,6-8,10,12,16H,5,9,11,13,22H2,(H,23,25,26)/b2*18-12-/t2*16-/m11/s1. The van der Waals surface area contributed by atoms with Crippen LogP contribution in [0.3, 0.4) is 0 Å². The number of benzene rings is 4. The number of anilines is 2. The molecule has 8 rings (SSSR count). The summed E-state index contributed by atoms with van der Waals surface area (Å²) in [6.07, 6.45) is 7.74. The van der Waals surface area contributed by atoms with Crippen LogP contribution in [0.1, 0.15) is 36.8 Å². The van der Waals surface area contributed by atoms with Gasteiger partial charge in [0.15, 0.2) is 0 Å². The largest absolute Gasteiger partial charge is 0.369 e. The molecule has 4 aromatic carbocycles. The topological polar surface area (TPSA) is 151 Å². The molecule has 4 aliphatic heterocycles. The van der Waals surface area contributed by atoms with Crippen LogP contribution in [0, 0.1) is 0 Å². The van der Waals surface area contributed by atoms with Crippen molar-refractivity contribution in [3.05, 3.63) is 118 Å². The second kappa shape index (κ2) is 16.9. The van der Waals surface area contributed by atoms with E-state index in [2.05, 4.69) is 56.8 Å². The quantitative estimate of drug-likeness (QED) is 0.149. The first-order valence-electron chi connectivity index (χ1n) is 18.1. The van der Waals surface area contributed by atoms with Gasteiger partial charge >= 0.3 is 0 Å². The number of hydrogen-bond donors (Lipinski definition) is 4. The Balaban J connectivity index is 0.000000167. The van der Waals surface area contributed by atoms with Crippen LogP contribution in [-0.2, 0) is 9.59 Å². The highest BCUT2D eigenvalue weighted by Crippen LogP contribution is 2.40. The van der Waals surface area contributed by atoms with E-state index in [0.29, 0.717) is 9.81 Å². The van der Waals surface area contributed by atoms with E-state index in [1.54, 1.807) is 0 Å². The van der Waals surface area contributed by atoms with Crippen molar-refractivity contribution in [1.82, 2.24) is 10.6 Å². The molecule has 4 amide bonds. The molecule has 4 fully saturated rings. The summed E-state index contributed by atoms with van der Waals surface area (Å²) in [4.78, 5) is 52.6. The van der Waals surface area contributed by atoms with Gasteiger partial charge in [0.25, 0.3) is 22.3 Å². The van der Waals surface area contributed by atoms with E-state index in [9.17, 15) is 19.2 Å². The molecule has 0 spiro atoms. The number of hydrogen-bond acceptors (Lipinski definition) is 10. The number of nitrogens with one attached hydrogen (secondary N) is 2. The van der Waals surface area contributed by atoms with Crippen LogP contribution >= 0.6 is 23.5 Å². The number of rotatable bonds is 6. The minimum atomic E-state index is -0.337. The number of para-hydroxylation sites is 2. The number of nitrogens with zero attached hydrogens (tertiary/aromatic N) is 2. The maximum Gasteiger partial charge on any atom is 0.290 e. The molecule has 0 radical (unpaired) electrons. The maximum atomic E-state index is 12.0. The van der Waals surface area contributed by atoms with Crippen LogP contribution in [0.2, 0.25) is 0 Å². The molecule has 276 valence electrons. The Hall–Kier alpha value is -5.14. The third kappa shape index (κ3) is 8.63. The second-order valence-electron chi connectivity index (χ2n) is 13.6. The predicted octanol–water partition coefficient (Wildman–Crippen LogP) is 7.21. The first-order chi connectivity index (χ1) is 26.2. The van der Waals surface area contributed by atoms with Gasteiger partial charge < -0.3 is 21.3 Å². The highest BCUT2D eigenvalue weighted by Gasteiger charge is 2.29. The average Bonchev–Trinajstić information content (AvgIpc) is 3.68. The van der Waals surface area contributed by atoms with Gasteiger partial charge in [0.2, 0.25) is 0 Å². The molecule has 0 aliphatic carbocycles. The van der Waals surface area contributed by atoms with E-state index in [1.807, 2.05) is 72.8 Å². The summed E-state index contributed by atoms with van der Waals surface area (Å²) in [6, 6.07) is 32.8. The lowest BCUT2D eigenvalue weighted by Gasteiger charge is -2.35. The number of piperidine rings is 2. The van der Waals surface area contributed by atoms with Crippen LogP contribution in [0.25, 0.3) is 34.4 Å². The summed E-state index contributed by atoms with van der Waals surface area (Å²) < 4.78 is 0. The highest BCUT2D eigenvalue weighted by molar-refractivity contribution is 8.18. The first-order valence-corrected chi connectivity index (χ1v) is 19.7. The zero-order valence-electron chi connectivity index (χ0n) is 29.7. The van der Waals surface area contributed by atoms with Crippen molar-refractivity contribution in [2.45, 2.75) is 37.8 Å². The van der Waals surface area contributed by atoms with Gasteiger partial charge in [0, 0.05) is 49.4 Å². The third-order valence-electron chi connectivity index (χ3n) is 9.71. The van der Waals surface area contributed by atoms with Gasteiger partial charge in [-0.05, 0) is 83.6 Å². The number of carbonyl (C=O) groups is 4. The van der Waals surface area contributed by atoms with Crippen LogP contribution in [-0.4, -0.2) is 60.6 Å². The summed E-state index contributed by atoms with van der Waals surface area (Å²) in [5, 5.41) is 3.99. The van der Waals surface area contributed by atoms with Crippen molar-refractivity contribution in [1.29, 1.82) is 0 Å². The molecule has 4 heterocycles. The molecule has 6 N–H and O–H groups in total. The highest BCUT2D eigenvalue weighted by atomic mass is 32.2. The van der Waals surface area contributed by atoms with Gasteiger partial charge in [-0.3, -0.25) is 29.8 Å². The van der Waals surface area contributed by atoms with Crippen molar-refractivity contribution >= 4 is 69.3 Å². The molecule has 4 aliphatic rings. The van der Waals surface area contributed by atoms with E-state index in [-0.39, 0.29) is 34.4 Å². The molecule has 54 heavy (non-hydrogen) atoms. The Kier molecular flexibility index (Phi) is 11.6. The van der Waals surface area contributed by atoms with E-state index in [0.717, 1.165) is 120 Å². The lowest BCUT2D eigenvalue weighted by atomic mass is 9.96. The molecule has 4 saturated heterocycles. The molecular weight excluding hydrogens is 717 g/mol. The summed E-state index contributed by atoms with van der Waals surface area (Å²) in [6.45, 7) is 3.40. The molecular formula is C42H42N6O4S2. The van der Waals surface area contributed by atoms with Crippen LogP contribution in [0.5, 0.6) is 0 Å². The Labute approximate surface area is 323 Å². The Morgan fingerprint density at radius 3 is 1.31 bits per heavy atom. The van der Waals surface area contributed by atoms with Crippen molar-refractivity contribution < 1.29 is 19.2 Å². The fraction of sp³-hybridized carbons (Fsp3) is 0.238. The van der Waals surface area contributed by atoms with E-state index in [1.165, 1.54) is 0 Å². The summed E-state index contributed by atoms with van der Waals surface area (Å²) in [5.74, 6) is -0.673. The third-order valence-corrected chi connectivity index (χ3v) is 11.3. The molecule has 0 unspecified atom stereocenters. The smallest absolute Gasteiger partial charge is 0.290 e. The van der Waals surface area contributed by atoms with Gasteiger partial charge in [-0.25, -0.2) is 0 Å². The van der Waals surface area contributed by atoms with Crippen molar-refractivity contribution in [2.24, 2.45) is 11.5 Å². The molecule has 10 nitrogen and oxygen atoms in total. The molecule has 0 saturated carbocycles. The Morgan fingerprint density at radius 2 is 0.963 bits per heavy atom. The van der Waals surface area contributed by atoms with Crippen molar-refractivity contribution in [3.63, 3.8) is 0 Å². The normalized spacial score (nSPS) is 21.6. The van der Waals surface area contributed by atoms with Gasteiger partial charge in [-0.15, -0.1) is 0 Å². The van der Waals surface area contributed by atoms with Crippen LogP contribution in [0.4, 0.5) is 21.0 Å². The lowest BCUT2D eigenvalue weighted by molar-refractivity contribution is -0.116. The van der Waals surface area contributed by atoms with E-state index >= 15 is 0 Å². The number of imide groups is 2. The van der Waals surface area contributed by atoms with Crippen molar-refractivity contribution in [2.75, 3.05) is 36.0 Å². The van der Waals surface area contributed by atoms with E-state index < -0.39 is 0 Å². The lowest BCUT2D eigenvalue weighted by Crippen LogP contribution is -2.43. The molecule has 0 aromatic heterocycles. The van der Waals surface area contributed by atoms with Gasteiger partial charge in [-0.2, -0.15) is 0 Å². The van der Waals surface area contributed by atoms with Crippen molar-refractivity contribution in [3.8, 4) is 22.3 Å². The van der Waals surface area contributed by atoms with Gasteiger partial charge in [-0.1, -0.05) is 97.1 Å². The number of amides is 4. The summed E-state index contributed by atoms with van der Waals surface area (Å²) >= 11 is 1.89. The number of carbonyl (C=O) groups excluding carboxylic acids is 4.